The van der Waals surface area contributed by atoms with Crippen LogP contribution in [0.1, 0.15) is 27.2 Å². The zero-order valence-corrected chi connectivity index (χ0v) is 11.4. The Kier molecular flexibility index (Phi) is 4.77. The van der Waals surface area contributed by atoms with Crippen molar-refractivity contribution in [1.82, 2.24) is 4.90 Å². The molecule has 1 fully saturated rings. The van der Waals surface area contributed by atoms with E-state index >= 15 is 0 Å². The molecule has 2 N–H and O–H groups in total. The van der Waals surface area contributed by atoms with E-state index in [1.165, 1.54) is 4.90 Å². The molecule has 0 bridgehead atoms. The van der Waals surface area contributed by atoms with Crippen LogP contribution in [0.5, 0.6) is 0 Å². The highest BCUT2D eigenvalue weighted by Gasteiger charge is 2.48. The third-order valence-corrected chi connectivity index (χ3v) is 4.36. The Morgan fingerprint density at radius 1 is 1.41 bits per heavy atom. The molecule has 1 heterocycles. The highest BCUT2D eigenvalue weighted by Crippen LogP contribution is 2.35. The predicted molar refractivity (Wildman–Crippen MR) is 66.2 cm³/mol. The maximum Gasteiger partial charge on any atom is 0.405 e. The van der Waals surface area contributed by atoms with Gasteiger partial charge in [0.15, 0.2) is 0 Å². The summed E-state index contributed by atoms with van der Waals surface area (Å²) in [6.45, 7) is 6.57. The van der Waals surface area contributed by atoms with Crippen LogP contribution in [-0.4, -0.2) is 46.7 Å². The van der Waals surface area contributed by atoms with E-state index in [-0.39, 0.29) is 4.75 Å². The van der Waals surface area contributed by atoms with Gasteiger partial charge in [0.2, 0.25) is 0 Å². The molecule has 0 aromatic rings. The number of hydrogen-bond donors (Lipinski definition) is 1. The zero-order valence-electron chi connectivity index (χ0n) is 10.5. The second-order valence-corrected chi connectivity index (χ2v) is 6.94. The van der Waals surface area contributed by atoms with Crippen molar-refractivity contribution in [1.29, 1.82) is 0 Å². The van der Waals surface area contributed by atoms with Gasteiger partial charge in [0.25, 0.3) is 0 Å². The van der Waals surface area contributed by atoms with E-state index in [0.29, 0.717) is 19.5 Å². The molecular formula is C11H21F3N2S. The maximum absolute atomic E-state index is 13.1. The third kappa shape index (κ3) is 4.03. The first-order chi connectivity index (χ1) is 7.67. The number of nitrogens with zero attached hydrogens (tertiary/aromatic N) is 1. The lowest BCUT2D eigenvalue weighted by Gasteiger charge is -2.44. The van der Waals surface area contributed by atoms with E-state index in [0.717, 1.165) is 5.75 Å². The Bertz CT molecular complexity index is 256. The molecule has 0 saturated carbocycles. The van der Waals surface area contributed by atoms with Crippen molar-refractivity contribution in [2.45, 2.75) is 50.2 Å². The first kappa shape index (κ1) is 15.1. The van der Waals surface area contributed by atoms with Crippen LogP contribution in [0.4, 0.5) is 13.2 Å². The maximum atomic E-state index is 13.1. The highest BCUT2D eigenvalue weighted by atomic mass is 32.2. The van der Waals surface area contributed by atoms with Gasteiger partial charge in [0, 0.05) is 29.6 Å². The van der Waals surface area contributed by atoms with Crippen molar-refractivity contribution >= 4 is 11.8 Å². The fourth-order valence-electron chi connectivity index (χ4n) is 2.23. The molecule has 1 rings (SSSR count). The Hall–Kier alpha value is 0.0600. The summed E-state index contributed by atoms with van der Waals surface area (Å²) in [7, 11) is 0. The first-order valence-corrected chi connectivity index (χ1v) is 6.86. The highest BCUT2D eigenvalue weighted by molar-refractivity contribution is 8.00. The SMILES string of the molecule is CCC(N)C(N1CCSC(C)(C)C1)C(F)(F)F. The third-order valence-electron chi connectivity index (χ3n) is 3.06. The van der Waals surface area contributed by atoms with Crippen molar-refractivity contribution < 1.29 is 13.2 Å². The van der Waals surface area contributed by atoms with Crippen LogP contribution in [0.2, 0.25) is 0 Å². The lowest BCUT2D eigenvalue weighted by atomic mass is 10.0. The molecule has 2 nitrogen and oxygen atoms in total. The molecule has 0 spiro atoms. The Morgan fingerprint density at radius 2 is 2.00 bits per heavy atom. The average molecular weight is 270 g/mol. The van der Waals surface area contributed by atoms with Gasteiger partial charge in [0.1, 0.15) is 6.04 Å². The van der Waals surface area contributed by atoms with E-state index in [9.17, 15) is 13.2 Å². The molecule has 6 heteroatoms. The van der Waals surface area contributed by atoms with Gasteiger partial charge in [-0.1, -0.05) is 6.92 Å². The number of alkyl halides is 3. The minimum Gasteiger partial charge on any atom is -0.326 e. The smallest absolute Gasteiger partial charge is 0.326 e. The number of hydrogen-bond acceptors (Lipinski definition) is 3. The second-order valence-electron chi connectivity index (χ2n) is 5.14. The molecule has 1 aliphatic heterocycles. The lowest BCUT2D eigenvalue weighted by Crippen LogP contribution is -2.60. The second kappa shape index (κ2) is 5.36. The summed E-state index contributed by atoms with van der Waals surface area (Å²) >= 11 is 1.72. The van der Waals surface area contributed by atoms with Crippen LogP contribution < -0.4 is 5.73 Å². The fourth-order valence-corrected chi connectivity index (χ4v) is 3.37. The normalized spacial score (nSPS) is 25.6. The van der Waals surface area contributed by atoms with E-state index in [2.05, 4.69) is 0 Å². The predicted octanol–water partition coefficient (Wildman–Crippen LogP) is 2.48. The molecule has 0 aromatic heterocycles. The number of halogens is 3. The van der Waals surface area contributed by atoms with E-state index < -0.39 is 18.3 Å². The van der Waals surface area contributed by atoms with Crippen LogP contribution in [0, 0.1) is 0 Å². The standard InChI is InChI=1S/C11H21F3N2S/c1-4-8(15)9(11(12,13)14)16-5-6-17-10(2,3)7-16/h8-9H,4-7,15H2,1-3H3. The van der Waals surface area contributed by atoms with Crippen molar-refractivity contribution in [3.8, 4) is 0 Å². The number of thioether (sulfide) groups is 1. The summed E-state index contributed by atoms with van der Waals surface area (Å²) in [5.41, 5.74) is 5.65. The largest absolute Gasteiger partial charge is 0.405 e. The van der Waals surface area contributed by atoms with Gasteiger partial charge in [-0.25, -0.2) is 0 Å². The monoisotopic (exact) mass is 270 g/mol. The van der Waals surface area contributed by atoms with Gasteiger partial charge in [-0.05, 0) is 20.3 Å². The van der Waals surface area contributed by atoms with Crippen LogP contribution in [0.15, 0.2) is 0 Å². The van der Waals surface area contributed by atoms with Crippen LogP contribution in [0.25, 0.3) is 0 Å². The summed E-state index contributed by atoms with van der Waals surface area (Å²) in [6.07, 6.45) is -3.90. The molecule has 2 atom stereocenters. The summed E-state index contributed by atoms with van der Waals surface area (Å²) in [5, 5.41) is 0. The van der Waals surface area contributed by atoms with Crippen LogP contribution >= 0.6 is 11.8 Å². The van der Waals surface area contributed by atoms with E-state index in [1.54, 1.807) is 18.7 Å². The summed E-state index contributed by atoms with van der Waals surface area (Å²) in [5.74, 6) is 0.732. The Morgan fingerprint density at radius 3 is 2.41 bits per heavy atom. The summed E-state index contributed by atoms with van der Waals surface area (Å²) < 4.78 is 39.1. The molecule has 102 valence electrons. The minimum absolute atomic E-state index is 0.130. The van der Waals surface area contributed by atoms with Gasteiger partial charge < -0.3 is 5.73 Å². The van der Waals surface area contributed by atoms with Gasteiger partial charge in [-0.3, -0.25) is 4.90 Å². The topological polar surface area (TPSA) is 29.3 Å². The molecule has 0 aromatic carbocycles. The zero-order chi connectivity index (χ0) is 13.3. The van der Waals surface area contributed by atoms with Gasteiger partial charge >= 0.3 is 6.18 Å². The molecule has 1 aliphatic rings. The number of nitrogens with two attached hydrogens (primary N) is 1. The fraction of sp³-hybridized carbons (Fsp3) is 1.00. The van der Waals surface area contributed by atoms with Crippen molar-refractivity contribution in [3.63, 3.8) is 0 Å². The minimum atomic E-state index is -4.24. The van der Waals surface area contributed by atoms with E-state index in [4.69, 9.17) is 5.73 Å². The first-order valence-electron chi connectivity index (χ1n) is 5.87. The van der Waals surface area contributed by atoms with Crippen molar-refractivity contribution in [3.05, 3.63) is 0 Å². The Labute approximate surface area is 105 Å². The molecule has 1 saturated heterocycles. The van der Waals surface area contributed by atoms with Crippen molar-refractivity contribution in [2.75, 3.05) is 18.8 Å². The molecule has 0 radical (unpaired) electrons. The van der Waals surface area contributed by atoms with E-state index in [1.807, 2.05) is 13.8 Å². The van der Waals surface area contributed by atoms with Crippen molar-refractivity contribution in [2.24, 2.45) is 5.73 Å². The van der Waals surface area contributed by atoms with Crippen LogP contribution in [-0.2, 0) is 0 Å². The van der Waals surface area contributed by atoms with Gasteiger partial charge in [-0.15, -0.1) is 0 Å². The number of rotatable bonds is 3. The Balaban J connectivity index is 2.83. The molecule has 17 heavy (non-hydrogen) atoms. The summed E-state index contributed by atoms with van der Waals surface area (Å²) in [6, 6.07) is -2.35. The van der Waals surface area contributed by atoms with Gasteiger partial charge in [0.05, 0.1) is 0 Å². The summed E-state index contributed by atoms with van der Waals surface area (Å²) in [4.78, 5) is 1.50. The van der Waals surface area contributed by atoms with Gasteiger partial charge in [-0.2, -0.15) is 24.9 Å². The quantitative estimate of drug-likeness (QED) is 0.854. The lowest BCUT2D eigenvalue weighted by molar-refractivity contribution is -0.190. The molecule has 2 unspecified atom stereocenters. The molecular weight excluding hydrogens is 249 g/mol. The molecule has 0 amide bonds. The molecule has 0 aliphatic carbocycles. The van der Waals surface area contributed by atoms with Crippen LogP contribution in [0.3, 0.4) is 0 Å². The average Bonchev–Trinajstić information content (AvgIpc) is 2.13.